The first-order chi connectivity index (χ1) is 8.24. The Labute approximate surface area is 103 Å². The average Bonchev–Trinajstić information content (AvgIpc) is 2.85. The number of carbonyl (C=O) groups excluding carboxylic acids is 1. The number of carbonyl (C=O) groups is 1. The van der Waals surface area contributed by atoms with Crippen molar-refractivity contribution in [1.82, 2.24) is 19.9 Å². The molecular formula is C11H12N4OS. The van der Waals surface area contributed by atoms with E-state index >= 15 is 0 Å². The van der Waals surface area contributed by atoms with Gasteiger partial charge in [-0.15, -0.1) is 0 Å². The third kappa shape index (κ3) is 1.84. The summed E-state index contributed by atoms with van der Waals surface area (Å²) in [6, 6.07) is 3.98. The Morgan fingerprint density at radius 1 is 1.59 bits per heavy atom. The predicted molar refractivity (Wildman–Crippen MR) is 66.1 cm³/mol. The molecule has 2 aromatic heterocycles. The van der Waals surface area contributed by atoms with E-state index in [1.807, 2.05) is 16.7 Å². The van der Waals surface area contributed by atoms with Gasteiger partial charge in [0.25, 0.3) is 0 Å². The minimum Gasteiger partial charge on any atom is -0.352 e. The summed E-state index contributed by atoms with van der Waals surface area (Å²) in [5.41, 5.74) is 1.78. The fourth-order valence-electron chi connectivity index (χ4n) is 2.19. The van der Waals surface area contributed by atoms with Crippen LogP contribution in [0.1, 0.15) is 12.8 Å². The van der Waals surface area contributed by atoms with E-state index in [9.17, 15) is 4.79 Å². The van der Waals surface area contributed by atoms with Crippen molar-refractivity contribution in [3.8, 4) is 0 Å². The number of fused-ring (bicyclic) bond motifs is 1. The van der Waals surface area contributed by atoms with Crippen molar-refractivity contribution in [3.63, 3.8) is 0 Å². The van der Waals surface area contributed by atoms with Gasteiger partial charge in [-0.1, -0.05) is 0 Å². The quantitative estimate of drug-likeness (QED) is 0.789. The summed E-state index contributed by atoms with van der Waals surface area (Å²) in [7, 11) is 0. The van der Waals surface area contributed by atoms with E-state index in [0.29, 0.717) is 17.7 Å². The van der Waals surface area contributed by atoms with Crippen LogP contribution in [0.3, 0.4) is 0 Å². The second-order valence-electron chi connectivity index (χ2n) is 4.22. The molecule has 0 aliphatic carbocycles. The Morgan fingerprint density at radius 3 is 3.24 bits per heavy atom. The molecule has 2 N–H and O–H groups in total. The van der Waals surface area contributed by atoms with Gasteiger partial charge < -0.3 is 10.3 Å². The lowest BCUT2D eigenvalue weighted by Gasteiger charge is -2.10. The standard InChI is InChI=1S/C11H12N4OS/c16-9-4-3-7(13-9)6-15-10-8(14-11(15)17)2-1-5-12-10/h1-2,5,7H,3-4,6H2,(H,13,16)(H,14,17). The first-order valence-electron chi connectivity index (χ1n) is 5.57. The van der Waals surface area contributed by atoms with E-state index in [-0.39, 0.29) is 11.9 Å². The number of hydrogen-bond acceptors (Lipinski definition) is 3. The summed E-state index contributed by atoms with van der Waals surface area (Å²) in [6.07, 6.45) is 3.21. The Kier molecular flexibility index (Phi) is 2.44. The van der Waals surface area contributed by atoms with Gasteiger partial charge >= 0.3 is 0 Å². The van der Waals surface area contributed by atoms with E-state index < -0.39 is 0 Å². The third-order valence-electron chi connectivity index (χ3n) is 3.02. The molecule has 3 rings (SSSR count). The topological polar surface area (TPSA) is 62.7 Å². The molecule has 1 unspecified atom stereocenters. The Morgan fingerprint density at radius 2 is 2.47 bits per heavy atom. The zero-order valence-corrected chi connectivity index (χ0v) is 9.96. The minimum absolute atomic E-state index is 0.120. The number of rotatable bonds is 2. The number of amides is 1. The summed E-state index contributed by atoms with van der Waals surface area (Å²) in [5, 5.41) is 2.94. The van der Waals surface area contributed by atoms with Crippen LogP contribution in [0.4, 0.5) is 0 Å². The van der Waals surface area contributed by atoms with Gasteiger partial charge in [-0.2, -0.15) is 0 Å². The van der Waals surface area contributed by atoms with Crippen molar-refractivity contribution in [3.05, 3.63) is 23.1 Å². The maximum atomic E-state index is 11.2. The number of nitrogens with zero attached hydrogens (tertiary/aromatic N) is 2. The maximum Gasteiger partial charge on any atom is 0.220 e. The SMILES string of the molecule is O=C1CCC(Cn2c(=S)[nH]c3cccnc32)N1. The number of hydrogen-bond donors (Lipinski definition) is 2. The second-order valence-corrected chi connectivity index (χ2v) is 4.61. The highest BCUT2D eigenvalue weighted by atomic mass is 32.1. The molecule has 17 heavy (non-hydrogen) atoms. The fourth-order valence-corrected chi connectivity index (χ4v) is 2.46. The Bertz CT molecular complexity index is 630. The molecule has 88 valence electrons. The minimum atomic E-state index is 0.120. The molecule has 1 aliphatic rings. The van der Waals surface area contributed by atoms with Crippen molar-refractivity contribution in [2.75, 3.05) is 0 Å². The zero-order valence-electron chi connectivity index (χ0n) is 9.14. The normalized spacial score (nSPS) is 19.8. The number of H-pyrrole nitrogens is 1. The molecule has 1 fully saturated rings. The van der Waals surface area contributed by atoms with E-state index in [0.717, 1.165) is 17.6 Å². The molecule has 3 heterocycles. The van der Waals surface area contributed by atoms with Gasteiger partial charge in [0.15, 0.2) is 10.4 Å². The number of aromatic amines is 1. The first kappa shape index (κ1) is 10.5. The number of imidazole rings is 1. The highest BCUT2D eigenvalue weighted by molar-refractivity contribution is 7.71. The predicted octanol–water partition coefficient (Wildman–Crippen LogP) is 1.37. The number of pyridine rings is 1. The molecule has 1 aliphatic heterocycles. The molecule has 5 nitrogen and oxygen atoms in total. The first-order valence-corrected chi connectivity index (χ1v) is 5.98. The lowest BCUT2D eigenvalue weighted by atomic mass is 10.2. The van der Waals surface area contributed by atoms with E-state index in [1.165, 1.54) is 0 Å². The van der Waals surface area contributed by atoms with E-state index in [1.54, 1.807) is 6.20 Å². The average molecular weight is 248 g/mol. The van der Waals surface area contributed by atoms with Gasteiger partial charge in [0, 0.05) is 25.2 Å². The smallest absolute Gasteiger partial charge is 0.220 e. The van der Waals surface area contributed by atoms with Crippen LogP contribution < -0.4 is 5.32 Å². The van der Waals surface area contributed by atoms with Crippen molar-refractivity contribution in [2.24, 2.45) is 0 Å². The summed E-state index contributed by atoms with van der Waals surface area (Å²) >= 11 is 5.27. The summed E-state index contributed by atoms with van der Waals surface area (Å²) < 4.78 is 2.60. The molecule has 0 saturated carbocycles. The number of nitrogens with one attached hydrogen (secondary N) is 2. The van der Waals surface area contributed by atoms with Crippen LogP contribution in [-0.2, 0) is 11.3 Å². The van der Waals surface area contributed by atoms with Crippen molar-refractivity contribution >= 4 is 29.3 Å². The zero-order chi connectivity index (χ0) is 11.8. The second kappa shape index (κ2) is 3.96. The van der Waals surface area contributed by atoms with Crippen LogP contribution in [0, 0.1) is 4.77 Å². The van der Waals surface area contributed by atoms with Crippen LogP contribution in [0.5, 0.6) is 0 Å². The van der Waals surface area contributed by atoms with Gasteiger partial charge in [0.05, 0.1) is 5.52 Å². The highest BCUT2D eigenvalue weighted by Gasteiger charge is 2.22. The summed E-state index contributed by atoms with van der Waals surface area (Å²) in [5.74, 6) is 0.120. The molecular weight excluding hydrogens is 236 g/mol. The molecule has 0 spiro atoms. The van der Waals surface area contributed by atoms with Crippen molar-refractivity contribution < 1.29 is 4.79 Å². The number of aromatic nitrogens is 3. The Hall–Kier alpha value is -1.69. The molecule has 6 heteroatoms. The lowest BCUT2D eigenvalue weighted by molar-refractivity contribution is -0.119. The highest BCUT2D eigenvalue weighted by Crippen LogP contribution is 2.14. The van der Waals surface area contributed by atoms with E-state index in [4.69, 9.17) is 12.2 Å². The van der Waals surface area contributed by atoms with Gasteiger partial charge in [-0.05, 0) is 30.8 Å². The largest absolute Gasteiger partial charge is 0.352 e. The maximum absolute atomic E-state index is 11.2. The molecule has 1 amide bonds. The van der Waals surface area contributed by atoms with Crippen LogP contribution in [0.15, 0.2) is 18.3 Å². The molecule has 1 atom stereocenters. The molecule has 1 saturated heterocycles. The third-order valence-corrected chi connectivity index (χ3v) is 3.34. The summed E-state index contributed by atoms with van der Waals surface area (Å²) in [4.78, 5) is 18.6. The fraction of sp³-hybridized carbons (Fsp3) is 0.364. The van der Waals surface area contributed by atoms with Crippen LogP contribution in [-0.4, -0.2) is 26.5 Å². The van der Waals surface area contributed by atoms with Crippen molar-refractivity contribution in [2.45, 2.75) is 25.4 Å². The Balaban J connectivity index is 1.97. The van der Waals surface area contributed by atoms with Gasteiger partial charge in [0.2, 0.25) is 5.91 Å². The summed E-state index contributed by atoms with van der Waals surface area (Å²) in [6.45, 7) is 0.682. The molecule has 0 radical (unpaired) electrons. The molecule has 0 aromatic carbocycles. The molecule has 2 aromatic rings. The molecule has 0 bridgehead atoms. The van der Waals surface area contributed by atoms with Gasteiger partial charge in [-0.3, -0.25) is 9.36 Å². The van der Waals surface area contributed by atoms with E-state index in [2.05, 4.69) is 15.3 Å². The van der Waals surface area contributed by atoms with Gasteiger partial charge in [0.1, 0.15) is 0 Å². The van der Waals surface area contributed by atoms with Crippen LogP contribution in [0.2, 0.25) is 0 Å². The van der Waals surface area contributed by atoms with Gasteiger partial charge in [-0.25, -0.2) is 4.98 Å². The lowest BCUT2D eigenvalue weighted by Crippen LogP contribution is -2.29. The van der Waals surface area contributed by atoms with Crippen LogP contribution in [0.25, 0.3) is 11.2 Å². The van der Waals surface area contributed by atoms with Crippen LogP contribution >= 0.6 is 12.2 Å². The monoisotopic (exact) mass is 248 g/mol. The van der Waals surface area contributed by atoms with Crippen molar-refractivity contribution in [1.29, 1.82) is 0 Å².